The van der Waals surface area contributed by atoms with Crippen LogP contribution in [0.3, 0.4) is 0 Å². The first kappa shape index (κ1) is 20.9. The molecule has 31 heavy (non-hydrogen) atoms. The Morgan fingerprint density at radius 2 is 2.03 bits per heavy atom. The van der Waals surface area contributed by atoms with Crippen LogP contribution in [-0.4, -0.2) is 52.3 Å². The molecule has 2 atom stereocenters. The van der Waals surface area contributed by atoms with E-state index in [1.807, 2.05) is 59.0 Å². The molecule has 1 saturated heterocycles. The van der Waals surface area contributed by atoms with Crippen LogP contribution in [0.4, 0.5) is 0 Å². The van der Waals surface area contributed by atoms with E-state index in [-0.39, 0.29) is 24.3 Å². The number of carbonyl (C=O) groups is 1. The van der Waals surface area contributed by atoms with Crippen molar-refractivity contribution in [3.63, 3.8) is 0 Å². The van der Waals surface area contributed by atoms with Gasteiger partial charge in [0.1, 0.15) is 5.75 Å². The van der Waals surface area contributed by atoms with E-state index in [1.54, 1.807) is 25.6 Å². The van der Waals surface area contributed by atoms with Crippen LogP contribution in [0.25, 0.3) is 11.8 Å². The van der Waals surface area contributed by atoms with Gasteiger partial charge in [0.15, 0.2) is 0 Å². The van der Waals surface area contributed by atoms with Crippen molar-refractivity contribution >= 4 is 12.0 Å². The average Bonchev–Trinajstić information content (AvgIpc) is 3.44. The van der Waals surface area contributed by atoms with E-state index in [2.05, 4.69) is 17.1 Å². The molecule has 2 heterocycles. The topological polar surface area (TPSA) is 67.6 Å². The molecule has 1 fully saturated rings. The van der Waals surface area contributed by atoms with E-state index in [0.717, 1.165) is 22.5 Å². The number of hydrogen-bond donors (Lipinski definition) is 1. The number of methoxy groups -OCH3 is 1. The lowest BCUT2D eigenvalue weighted by atomic mass is 9.90. The van der Waals surface area contributed by atoms with Crippen molar-refractivity contribution in [2.45, 2.75) is 12.8 Å². The zero-order valence-electron chi connectivity index (χ0n) is 17.8. The number of aliphatic hydroxyl groups excluding tert-OH is 1. The standard InChI is InChI=1S/C25H27N3O3/c1-18-13-28(17-26-18)23-10-8-19(12-24(23)31-2)9-11-25(30)27-14-21(16-29)22(15-27)20-6-4-3-5-7-20/h3-13,17,21-22,29H,14-16H2,1-2H3/t21-,22-/m0/s1. The van der Waals surface area contributed by atoms with Crippen LogP contribution < -0.4 is 4.74 Å². The number of ether oxygens (including phenoxy) is 1. The number of amides is 1. The molecule has 160 valence electrons. The van der Waals surface area contributed by atoms with Crippen molar-refractivity contribution < 1.29 is 14.6 Å². The van der Waals surface area contributed by atoms with E-state index < -0.39 is 0 Å². The quantitative estimate of drug-likeness (QED) is 0.624. The molecule has 0 saturated carbocycles. The second kappa shape index (κ2) is 9.18. The predicted octanol–water partition coefficient (Wildman–Crippen LogP) is 3.44. The minimum absolute atomic E-state index is 0.0508. The van der Waals surface area contributed by atoms with Crippen LogP contribution in [-0.2, 0) is 4.79 Å². The maximum Gasteiger partial charge on any atom is 0.246 e. The summed E-state index contributed by atoms with van der Waals surface area (Å²) in [6.45, 7) is 3.18. The normalized spacial score (nSPS) is 18.6. The molecule has 1 amide bonds. The molecule has 2 aromatic carbocycles. The van der Waals surface area contributed by atoms with Gasteiger partial charge in [-0.2, -0.15) is 0 Å². The highest BCUT2D eigenvalue weighted by atomic mass is 16.5. The third kappa shape index (κ3) is 4.54. The number of hydrogen-bond acceptors (Lipinski definition) is 4. The Hall–Kier alpha value is -3.38. The summed E-state index contributed by atoms with van der Waals surface area (Å²) in [6.07, 6.45) is 7.08. The first-order valence-electron chi connectivity index (χ1n) is 10.4. The molecular formula is C25H27N3O3. The third-order valence-corrected chi connectivity index (χ3v) is 5.83. The highest BCUT2D eigenvalue weighted by Gasteiger charge is 2.34. The number of imidazole rings is 1. The summed E-state index contributed by atoms with van der Waals surface area (Å²) >= 11 is 0. The number of benzene rings is 2. The first-order valence-corrected chi connectivity index (χ1v) is 10.4. The predicted molar refractivity (Wildman–Crippen MR) is 120 cm³/mol. The summed E-state index contributed by atoms with van der Waals surface area (Å²) in [4.78, 5) is 18.9. The number of carbonyl (C=O) groups excluding carboxylic acids is 1. The summed E-state index contributed by atoms with van der Waals surface area (Å²) < 4.78 is 7.45. The van der Waals surface area contributed by atoms with Crippen molar-refractivity contribution in [3.05, 3.63) is 84.0 Å². The Kier molecular flexibility index (Phi) is 6.18. The van der Waals surface area contributed by atoms with Gasteiger partial charge in [0.25, 0.3) is 0 Å². The summed E-state index contributed by atoms with van der Waals surface area (Å²) in [6, 6.07) is 15.9. The Labute approximate surface area is 182 Å². The fourth-order valence-corrected chi connectivity index (χ4v) is 4.15. The zero-order valence-corrected chi connectivity index (χ0v) is 17.8. The van der Waals surface area contributed by atoms with Crippen molar-refractivity contribution in [2.24, 2.45) is 5.92 Å². The fourth-order valence-electron chi connectivity index (χ4n) is 4.15. The van der Waals surface area contributed by atoms with Gasteiger partial charge in [-0.1, -0.05) is 36.4 Å². The molecule has 0 spiro atoms. The number of nitrogens with zero attached hydrogens (tertiary/aromatic N) is 3. The lowest BCUT2D eigenvalue weighted by Gasteiger charge is -2.15. The SMILES string of the molecule is COc1cc(C=CC(=O)N2C[C@@H](CO)[C@H](c3ccccc3)C2)ccc1-n1cnc(C)c1. The second-order valence-electron chi connectivity index (χ2n) is 7.89. The second-order valence-corrected chi connectivity index (χ2v) is 7.89. The van der Waals surface area contributed by atoms with Gasteiger partial charge in [0.2, 0.25) is 5.91 Å². The maximum absolute atomic E-state index is 12.8. The van der Waals surface area contributed by atoms with Gasteiger partial charge >= 0.3 is 0 Å². The molecule has 0 radical (unpaired) electrons. The summed E-state index contributed by atoms with van der Waals surface area (Å²) in [7, 11) is 1.63. The number of likely N-dealkylation sites (tertiary alicyclic amines) is 1. The number of aryl methyl sites for hydroxylation is 1. The van der Waals surface area contributed by atoms with E-state index in [0.29, 0.717) is 18.8 Å². The van der Waals surface area contributed by atoms with Crippen LogP contribution in [0.15, 0.2) is 67.1 Å². The molecule has 0 aliphatic carbocycles. The monoisotopic (exact) mass is 417 g/mol. The maximum atomic E-state index is 12.8. The van der Waals surface area contributed by atoms with Crippen LogP contribution in [0.5, 0.6) is 5.75 Å². The summed E-state index contributed by atoms with van der Waals surface area (Å²) in [5.41, 5.74) is 3.86. The van der Waals surface area contributed by atoms with Crippen LogP contribution in [0, 0.1) is 12.8 Å². The fraction of sp³-hybridized carbons (Fsp3) is 0.280. The van der Waals surface area contributed by atoms with Crippen LogP contribution in [0.1, 0.15) is 22.7 Å². The van der Waals surface area contributed by atoms with Gasteiger partial charge in [0.05, 0.1) is 24.8 Å². The molecular weight excluding hydrogens is 390 g/mol. The van der Waals surface area contributed by atoms with E-state index in [1.165, 1.54) is 0 Å². The van der Waals surface area contributed by atoms with E-state index in [9.17, 15) is 9.90 Å². The molecule has 1 aromatic heterocycles. The Morgan fingerprint density at radius 3 is 2.71 bits per heavy atom. The molecule has 6 heteroatoms. The zero-order chi connectivity index (χ0) is 21.8. The van der Waals surface area contributed by atoms with Gasteiger partial charge in [-0.3, -0.25) is 4.79 Å². The minimum Gasteiger partial charge on any atom is -0.495 e. The summed E-state index contributed by atoms with van der Waals surface area (Å²) in [5.74, 6) is 0.863. The van der Waals surface area contributed by atoms with Crippen LogP contribution >= 0.6 is 0 Å². The number of aliphatic hydroxyl groups is 1. The van der Waals surface area contributed by atoms with Gasteiger partial charge < -0.3 is 19.3 Å². The number of aromatic nitrogens is 2. The smallest absolute Gasteiger partial charge is 0.246 e. The van der Waals surface area contributed by atoms with Gasteiger partial charge in [-0.05, 0) is 36.3 Å². The highest BCUT2D eigenvalue weighted by molar-refractivity contribution is 5.92. The van der Waals surface area contributed by atoms with Crippen molar-refractivity contribution in [1.82, 2.24) is 14.5 Å². The van der Waals surface area contributed by atoms with Crippen molar-refractivity contribution in [1.29, 1.82) is 0 Å². The average molecular weight is 418 g/mol. The largest absolute Gasteiger partial charge is 0.495 e. The Bertz CT molecular complexity index is 1070. The van der Waals surface area contributed by atoms with Crippen molar-refractivity contribution in [2.75, 3.05) is 26.8 Å². The molecule has 1 N–H and O–H groups in total. The molecule has 1 aliphatic heterocycles. The molecule has 0 unspecified atom stereocenters. The minimum atomic E-state index is -0.0508. The van der Waals surface area contributed by atoms with Crippen molar-refractivity contribution in [3.8, 4) is 11.4 Å². The Balaban J connectivity index is 1.48. The highest BCUT2D eigenvalue weighted by Crippen LogP contribution is 2.32. The van der Waals surface area contributed by atoms with Gasteiger partial charge in [-0.25, -0.2) is 4.98 Å². The molecule has 1 aliphatic rings. The number of rotatable bonds is 6. The van der Waals surface area contributed by atoms with Gasteiger partial charge in [-0.15, -0.1) is 0 Å². The van der Waals surface area contributed by atoms with E-state index in [4.69, 9.17) is 4.74 Å². The summed E-state index contributed by atoms with van der Waals surface area (Å²) in [5, 5.41) is 9.81. The lowest BCUT2D eigenvalue weighted by molar-refractivity contribution is -0.125. The lowest BCUT2D eigenvalue weighted by Crippen LogP contribution is -2.27. The molecule has 0 bridgehead atoms. The third-order valence-electron chi connectivity index (χ3n) is 5.83. The van der Waals surface area contributed by atoms with E-state index >= 15 is 0 Å². The Morgan fingerprint density at radius 1 is 1.23 bits per heavy atom. The molecule has 6 nitrogen and oxygen atoms in total. The molecule has 3 aromatic rings. The molecule has 4 rings (SSSR count). The van der Waals surface area contributed by atoms with Crippen LogP contribution in [0.2, 0.25) is 0 Å². The first-order chi connectivity index (χ1) is 15.1. The van der Waals surface area contributed by atoms with Gasteiger partial charge in [0, 0.05) is 43.8 Å².